The number of nitro groups is 1. The molecule has 132 valence electrons. The highest BCUT2D eigenvalue weighted by atomic mass is 16.6. The summed E-state index contributed by atoms with van der Waals surface area (Å²) in [4.78, 5) is 12.7. The maximum absolute atomic E-state index is 11.0. The molecule has 3 rings (SSSR count). The first-order chi connectivity index (χ1) is 12.1. The molecule has 7 nitrogen and oxygen atoms in total. The Bertz CT molecular complexity index is 778. The van der Waals surface area contributed by atoms with Crippen molar-refractivity contribution in [3.63, 3.8) is 0 Å². The smallest absolute Gasteiger partial charge is 0.270 e. The van der Waals surface area contributed by atoms with Gasteiger partial charge in [0.1, 0.15) is 19.0 Å². The third kappa shape index (κ3) is 4.00. The monoisotopic (exact) mass is 344 g/mol. The number of nitro benzene ring substituents is 1. The lowest BCUT2D eigenvalue weighted by Crippen LogP contribution is -2.19. The van der Waals surface area contributed by atoms with Gasteiger partial charge >= 0.3 is 0 Å². The molecule has 0 N–H and O–H groups in total. The summed E-state index contributed by atoms with van der Waals surface area (Å²) in [7, 11) is 3.51. The maximum Gasteiger partial charge on any atom is 0.270 e. The molecule has 0 bridgehead atoms. The second-order valence-corrected chi connectivity index (χ2v) is 5.90. The molecule has 0 amide bonds. The van der Waals surface area contributed by atoms with E-state index in [1.807, 2.05) is 25.2 Å². The Morgan fingerprint density at radius 1 is 1.12 bits per heavy atom. The van der Waals surface area contributed by atoms with E-state index >= 15 is 0 Å². The van der Waals surface area contributed by atoms with E-state index in [2.05, 4.69) is 4.90 Å². The zero-order chi connectivity index (χ0) is 17.8. The maximum atomic E-state index is 11.0. The van der Waals surface area contributed by atoms with E-state index in [-0.39, 0.29) is 5.69 Å². The Morgan fingerprint density at radius 3 is 2.60 bits per heavy atom. The van der Waals surface area contributed by atoms with Gasteiger partial charge in [-0.1, -0.05) is 6.07 Å². The van der Waals surface area contributed by atoms with Gasteiger partial charge in [0.25, 0.3) is 5.69 Å². The molecule has 1 aliphatic heterocycles. The van der Waals surface area contributed by atoms with Crippen molar-refractivity contribution in [2.75, 3.05) is 27.4 Å². The SMILES string of the molecule is COc1ccc([N+](=O)[O-])cc1CN(C)Cc1ccc2c(c1)OCCO2. The minimum atomic E-state index is -0.399. The number of rotatable bonds is 6. The molecule has 2 aromatic rings. The van der Waals surface area contributed by atoms with Crippen LogP contribution in [0.25, 0.3) is 0 Å². The van der Waals surface area contributed by atoms with Crippen LogP contribution in [0.15, 0.2) is 36.4 Å². The van der Waals surface area contributed by atoms with Gasteiger partial charge in [-0.15, -0.1) is 0 Å². The summed E-state index contributed by atoms with van der Waals surface area (Å²) in [5.41, 5.74) is 1.91. The highest BCUT2D eigenvalue weighted by Crippen LogP contribution is 2.31. The van der Waals surface area contributed by atoms with Gasteiger partial charge in [0.2, 0.25) is 0 Å². The predicted molar refractivity (Wildman–Crippen MR) is 92.3 cm³/mol. The molecule has 0 aromatic heterocycles. The normalized spacial score (nSPS) is 12.9. The first-order valence-corrected chi connectivity index (χ1v) is 7.95. The quantitative estimate of drug-likeness (QED) is 0.592. The summed E-state index contributed by atoms with van der Waals surface area (Å²) in [6.07, 6.45) is 0. The van der Waals surface area contributed by atoms with Crippen LogP contribution in [0.1, 0.15) is 11.1 Å². The number of nitrogens with zero attached hydrogens (tertiary/aromatic N) is 2. The fourth-order valence-corrected chi connectivity index (χ4v) is 2.85. The molecule has 0 fully saturated rings. The highest BCUT2D eigenvalue weighted by molar-refractivity contribution is 5.45. The zero-order valence-corrected chi connectivity index (χ0v) is 14.2. The van der Waals surface area contributed by atoms with Gasteiger partial charge in [-0.2, -0.15) is 0 Å². The number of ether oxygens (including phenoxy) is 3. The largest absolute Gasteiger partial charge is 0.496 e. The standard InChI is InChI=1S/C18H20N2O5/c1-19(11-13-3-5-17-18(9-13)25-8-7-24-17)12-14-10-15(20(21)22)4-6-16(14)23-2/h3-6,9-10H,7-8,11-12H2,1-2H3. The molecule has 0 saturated heterocycles. The molecule has 1 heterocycles. The van der Waals surface area contributed by atoms with Crippen molar-refractivity contribution in [3.8, 4) is 17.2 Å². The van der Waals surface area contributed by atoms with Gasteiger partial charge in [0.15, 0.2) is 11.5 Å². The molecule has 0 unspecified atom stereocenters. The summed E-state index contributed by atoms with van der Waals surface area (Å²) in [6.45, 7) is 2.32. The third-order valence-corrected chi connectivity index (χ3v) is 3.97. The van der Waals surface area contributed by atoms with Crippen molar-refractivity contribution in [2.24, 2.45) is 0 Å². The summed E-state index contributed by atoms with van der Waals surface area (Å²) in [6, 6.07) is 10.5. The number of methoxy groups -OCH3 is 1. The molecule has 0 aliphatic carbocycles. The number of hydrogen-bond donors (Lipinski definition) is 0. The van der Waals surface area contributed by atoms with Crippen LogP contribution in [0, 0.1) is 10.1 Å². The number of non-ortho nitro benzene ring substituents is 1. The van der Waals surface area contributed by atoms with E-state index in [1.165, 1.54) is 6.07 Å². The van der Waals surface area contributed by atoms with Crippen molar-refractivity contribution in [3.05, 3.63) is 57.6 Å². The molecule has 0 spiro atoms. The molecule has 1 aliphatic rings. The van der Waals surface area contributed by atoms with Gasteiger partial charge in [-0.05, 0) is 30.8 Å². The van der Waals surface area contributed by atoms with Crippen molar-refractivity contribution in [1.82, 2.24) is 4.90 Å². The molecule has 25 heavy (non-hydrogen) atoms. The van der Waals surface area contributed by atoms with Crippen LogP contribution in [0.4, 0.5) is 5.69 Å². The summed E-state index contributed by atoms with van der Waals surface area (Å²) in [5, 5.41) is 11.0. The second-order valence-electron chi connectivity index (χ2n) is 5.90. The van der Waals surface area contributed by atoms with Crippen molar-refractivity contribution in [1.29, 1.82) is 0 Å². The van der Waals surface area contributed by atoms with Crippen molar-refractivity contribution >= 4 is 5.69 Å². The lowest BCUT2D eigenvalue weighted by molar-refractivity contribution is -0.384. The van der Waals surface area contributed by atoms with Crippen LogP contribution in [-0.2, 0) is 13.1 Å². The fraction of sp³-hybridized carbons (Fsp3) is 0.333. The van der Waals surface area contributed by atoms with Crippen LogP contribution >= 0.6 is 0 Å². The van der Waals surface area contributed by atoms with Gasteiger partial charge in [0, 0.05) is 30.8 Å². The van der Waals surface area contributed by atoms with Crippen molar-refractivity contribution < 1.29 is 19.1 Å². The van der Waals surface area contributed by atoms with Crippen LogP contribution in [0.2, 0.25) is 0 Å². The average molecular weight is 344 g/mol. The Morgan fingerprint density at radius 2 is 1.88 bits per heavy atom. The molecule has 0 saturated carbocycles. The van der Waals surface area contributed by atoms with Gasteiger partial charge in [-0.3, -0.25) is 15.0 Å². The average Bonchev–Trinajstić information content (AvgIpc) is 2.61. The molecule has 0 atom stereocenters. The zero-order valence-electron chi connectivity index (χ0n) is 14.2. The summed E-state index contributed by atoms with van der Waals surface area (Å²) >= 11 is 0. The molecule has 7 heteroatoms. The van der Waals surface area contributed by atoms with Crippen LogP contribution in [0.5, 0.6) is 17.2 Å². The molecule has 0 radical (unpaired) electrons. The van der Waals surface area contributed by atoms with Gasteiger partial charge in [0.05, 0.1) is 12.0 Å². The Labute approximate surface area is 145 Å². The first-order valence-electron chi connectivity index (χ1n) is 7.95. The lowest BCUT2D eigenvalue weighted by atomic mass is 10.1. The number of benzene rings is 2. The Balaban J connectivity index is 1.73. The second kappa shape index (κ2) is 7.40. The molecular formula is C18H20N2O5. The van der Waals surface area contributed by atoms with Crippen LogP contribution < -0.4 is 14.2 Å². The highest BCUT2D eigenvalue weighted by Gasteiger charge is 2.15. The van der Waals surface area contributed by atoms with Crippen LogP contribution in [0.3, 0.4) is 0 Å². The molecule has 2 aromatic carbocycles. The van der Waals surface area contributed by atoms with Crippen LogP contribution in [-0.4, -0.2) is 37.2 Å². The molecular weight excluding hydrogens is 324 g/mol. The van der Waals surface area contributed by atoms with E-state index in [0.29, 0.717) is 32.1 Å². The third-order valence-electron chi connectivity index (χ3n) is 3.97. The van der Waals surface area contributed by atoms with E-state index < -0.39 is 4.92 Å². The summed E-state index contributed by atoms with van der Waals surface area (Å²) in [5.74, 6) is 2.16. The Hall–Kier alpha value is -2.80. The van der Waals surface area contributed by atoms with E-state index in [1.54, 1.807) is 19.2 Å². The van der Waals surface area contributed by atoms with Gasteiger partial charge in [-0.25, -0.2) is 0 Å². The fourth-order valence-electron chi connectivity index (χ4n) is 2.85. The number of hydrogen-bond acceptors (Lipinski definition) is 6. The van der Waals surface area contributed by atoms with E-state index in [0.717, 1.165) is 22.6 Å². The summed E-state index contributed by atoms with van der Waals surface area (Å²) < 4.78 is 16.4. The Kier molecular flexibility index (Phi) is 5.04. The topological polar surface area (TPSA) is 74.1 Å². The van der Waals surface area contributed by atoms with Crippen molar-refractivity contribution in [2.45, 2.75) is 13.1 Å². The lowest BCUT2D eigenvalue weighted by Gasteiger charge is -2.21. The van der Waals surface area contributed by atoms with E-state index in [9.17, 15) is 10.1 Å². The predicted octanol–water partition coefficient (Wildman–Crippen LogP) is 3.01. The first kappa shape index (κ1) is 17.0. The minimum Gasteiger partial charge on any atom is -0.496 e. The van der Waals surface area contributed by atoms with Gasteiger partial charge < -0.3 is 14.2 Å². The minimum absolute atomic E-state index is 0.0588. The van der Waals surface area contributed by atoms with E-state index in [4.69, 9.17) is 14.2 Å². The number of fused-ring (bicyclic) bond motifs is 1.